The first-order chi connectivity index (χ1) is 19.1. The highest BCUT2D eigenvalue weighted by Crippen LogP contribution is 2.49. The number of amides is 1. The van der Waals surface area contributed by atoms with Gasteiger partial charge in [0.2, 0.25) is 5.91 Å². The fraction of sp³-hybridized carbons (Fsp3) is 0.444. The Morgan fingerprint density at radius 1 is 1.22 bits per heavy atom. The van der Waals surface area contributed by atoms with Crippen LogP contribution in [0.25, 0.3) is 10.8 Å². The molecule has 0 saturated carbocycles. The normalized spacial score (nSPS) is 28.6. The van der Waals surface area contributed by atoms with Crippen molar-refractivity contribution in [3.63, 3.8) is 0 Å². The molecule has 2 aliphatic rings. The molecule has 2 aliphatic heterocycles. The number of rotatable bonds is 10. The third kappa shape index (κ3) is 6.66. The highest BCUT2D eigenvalue weighted by molar-refractivity contribution is 7.52. The SMILES string of the molecule is CC(C)OC(=O)[C@H](C)NP(=O)(OC[C@@]1(F)O[C@@H](N2C=CC(=O)CC2=O)[C@](C)(O)[C@@H]1O)Oc1ccc2ccccc2c1. The minimum atomic E-state index is -4.61. The summed E-state index contributed by atoms with van der Waals surface area (Å²) in [5.41, 5.74) is -2.37. The molecule has 3 N–H and O–H groups in total. The number of carbonyl (C=O) groups excluding carboxylic acids is 3. The van der Waals surface area contributed by atoms with Crippen LogP contribution >= 0.6 is 7.75 Å². The quantitative estimate of drug-likeness (QED) is 0.211. The molecule has 2 heterocycles. The Hall–Kier alpha value is -3.19. The summed E-state index contributed by atoms with van der Waals surface area (Å²) >= 11 is 0. The number of fused-ring (bicyclic) bond motifs is 1. The Kier molecular flexibility index (Phi) is 8.70. The summed E-state index contributed by atoms with van der Waals surface area (Å²) in [6.45, 7) is 4.37. The Bertz CT molecular complexity index is 1420. The number of hydrogen-bond acceptors (Lipinski definition) is 10. The first-order valence-electron chi connectivity index (χ1n) is 12.8. The Morgan fingerprint density at radius 2 is 1.90 bits per heavy atom. The lowest BCUT2D eigenvalue weighted by Crippen LogP contribution is -2.54. The van der Waals surface area contributed by atoms with Gasteiger partial charge in [-0.3, -0.25) is 23.8 Å². The number of alkyl halides is 1. The van der Waals surface area contributed by atoms with E-state index >= 15 is 4.39 Å². The van der Waals surface area contributed by atoms with Crippen LogP contribution in [0.4, 0.5) is 4.39 Å². The van der Waals surface area contributed by atoms with Crippen molar-refractivity contribution in [1.29, 1.82) is 0 Å². The summed E-state index contributed by atoms with van der Waals surface area (Å²) in [5, 5.41) is 25.6. The van der Waals surface area contributed by atoms with Crippen molar-refractivity contribution in [2.24, 2.45) is 0 Å². The smallest absolute Gasteiger partial charge is 0.459 e. The number of allylic oxidation sites excluding steroid dienone is 1. The number of esters is 1. The van der Waals surface area contributed by atoms with E-state index in [2.05, 4.69) is 5.09 Å². The van der Waals surface area contributed by atoms with Crippen LogP contribution in [0.1, 0.15) is 34.1 Å². The van der Waals surface area contributed by atoms with E-state index in [9.17, 15) is 29.2 Å². The van der Waals surface area contributed by atoms with Gasteiger partial charge in [0, 0.05) is 6.20 Å². The number of nitrogens with zero attached hydrogens (tertiary/aromatic N) is 1. The average molecular weight is 595 g/mol. The molecule has 0 aromatic heterocycles. The lowest BCUT2D eigenvalue weighted by Gasteiger charge is -2.34. The van der Waals surface area contributed by atoms with E-state index in [1.807, 2.05) is 12.1 Å². The largest absolute Gasteiger partial charge is 0.462 e. The molecule has 1 amide bonds. The number of hydrogen-bond donors (Lipinski definition) is 3. The molecule has 1 unspecified atom stereocenters. The van der Waals surface area contributed by atoms with Gasteiger partial charge in [-0.15, -0.1) is 0 Å². The molecule has 6 atom stereocenters. The topological polar surface area (TPSA) is 161 Å². The second kappa shape index (κ2) is 11.6. The van der Waals surface area contributed by atoms with Crippen molar-refractivity contribution in [3.8, 4) is 5.75 Å². The lowest BCUT2D eigenvalue weighted by molar-refractivity contribution is -0.210. The molecular formula is C27H32FN2O10P. The Labute approximate surface area is 235 Å². The molecule has 1 saturated heterocycles. The van der Waals surface area contributed by atoms with Gasteiger partial charge in [-0.2, -0.15) is 5.09 Å². The summed E-state index contributed by atoms with van der Waals surface area (Å²) < 4.78 is 51.4. The minimum absolute atomic E-state index is 0.0587. The van der Waals surface area contributed by atoms with Crippen molar-refractivity contribution in [2.45, 2.75) is 70.0 Å². The van der Waals surface area contributed by atoms with Gasteiger partial charge in [-0.1, -0.05) is 30.3 Å². The first kappa shape index (κ1) is 30.8. The van der Waals surface area contributed by atoms with Crippen LogP contribution in [0, 0.1) is 0 Å². The maximum Gasteiger partial charge on any atom is 0.459 e. The van der Waals surface area contributed by atoms with Crippen LogP contribution in [0.3, 0.4) is 0 Å². The maximum atomic E-state index is 16.1. The number of ether oxygens (including phenoxy) is 2. The number of benzene rings is 2. The van der Waals surface area contributed by atoms with E-state index in [0.29, 0.717) is 0 Å². The first-order valence-corrected chi connectivity index (χ1v) is 14.4. The van der Waals surface area contributed by atoms with Gasteiger partial charge in [0.15, 0.2) is 12.0 Å². The molecule has 14 heteroatoms. The maximum absolute atomic E-state index is 16.1. The van der Waals surface area contributed by atoms with Crippen molar-refractivity contribution >= 4 is 36.2 Å². The van der Waals surface area contributed by atoms with Crippen molar-refractivity contribution in [2.75, 3.05) is 6.61 Å². The average Bonchev–Trinajstić information content (AvgIpc) is 3.07. The van der Waals surface area contributed by atoms with Gasteiger partial charge >= 0.3 is 13.7 Å². The van der Waals surface area contributed by atoms with E-state index in [-0.39, 0.29) is 5.75 Å². The highest BCUT2D eigenvalue weighted by atomic mass is 31.2. The van der Waals surface area contributed by atoms with Crippen LogP contribution in [0.2, 0.25) is 0 Å². The van der Waals surface area contributed by atoms with E-state index in [4.69, 9.17) is 18.5 Å². The standard InChI is InChI=1S/C27H32FN2O10P/c1-16(2)38-23(33)17(3)29-41(36,40-21-10-9-18-7-5-6-8-19(18)13-21)37-15-27(28)24(34)26(4,35)25(39-27)30-12-11-20(31)14-22(30)32/h5-13,16-17,24-25,34-35H,14-15H2,1-4H3,(H,29,36)/t17-,24-,25+,26+,27+,41?/m0/s1. The predicted molar refractivity (Wildman–Crippen MR) is 143 cm³/mol. The van der Waals surface area contributed by atoms with Gasteiger partial charge in [0.05, 0.1) is 12.5 Å². The molecule has 0 aliphatic carbocycles. The minimum Gasteiger partial charge on any atom is -0.462 e. The van der Waals surface area contributed by atoms with E-state index in [1.165, 1.54) is 13.0 Å². The molecule has 0 spiro atoms. The van der Waals surface area contributed by atoms with Gasteiger partial charge < -0.3 is 24.2 Å². The van der Waals surface area contributed by atoms with Crippen LogP contribution in [0.5, 0.6) is 5.75 Å². The predicted octanol–water partition coefficient (Wildman–Crippen LogP) is 2.72. The molecule has 0 bridgehead atoms. The summed E-state index contributed by atoms with van der Waals surface area (Å²) in [6.07, 6.45) is -3.00. The zero-order valence-corrected chi connectivity index (χ0v) is 23.7. The highest BCUT2D eigenvalue weighted by Gasteiger charge is 2.65. The van der Waals surface area contributed by atoms with E-state index in [0.717, 1.165) is 34.9 Å². The van der Waals surface area contributed by atoms with E-state index in [1.54, 1.807) is 38.1 Å². The third-order valence-electron chi connectivity index (χ3n) is 6.49. The molecule has 41 heavy (non-hydrogen) atoms. The number of ketones is 1. The summed E-state index contributed by atoms with van der Waals surface area (Å²) in [5.74, 6) is -5.21. The molecule has 12 nitrogen and oxygen atoms in total. The lowest BCUT2D eigenvalue weighted by atomic mass is 9.94. The monoisotopic (exact) mass is 594 g/mol. The Morgan fingerprint density at radius 3 is 2.56 bits per heavy atom. The van der Waals surface area contributed by atoms with Crippen LogP contribution < -0.4 is 9.61 Å². The molecule has 0 radical (unpaired) electrons. The number of halogens is 1. The van der Waals surface area contributed by atoms with Gasteiger partial charge in [0.25, 0.3) is 5.85 Å². The van der Waals surface area contributed by atoms with Crippen molar-refractivity contribution in [1.82, 2.24) is 9.99 Å². The second-order valence-corrected chi connectivity index (χ2v) is 12.0. The zero-order valence-electron chi connectivity index (χ0n) is 22.9. The second-order valence-electron chi connectivity index (χ2n) is 10.4. The molecular weight excluding hydrogens is 562 g/mol. The fourth-order valence-electron chi connectivity index (χ4n) is 4.40. The fourth-order valence-corrected chi connectivity index (χ4v) is 5.89. The molecule has 1 fully saturated rings. The molecule has 4 rings (SSSR count). The molecule has 222 valence electrons. The number of aliphatic hydroxyl groups is 2. The van der Waals surface area contributed by atoms with Crippen LogP contribution in [0.15, 0.2) is 54.7 Å². The third-order valence-corrected chi connectivity index (χ3v) is 8.12. The summed E-state index contributed by atoms with van der Waals surface area (Å²) in [7, 11) is -4.61. The number of carbonyl (C=O) groups is 3. The zero-order chi connectivity index (χ0) is 30.2. The van der Waals surface area contributed by atoms with Crippen LogP contribution in [-0.4, -0.2) is 75.3 Å². The van der Waals surface area contributed by atoms with Gasteiger partial charge in [-0.25, -0.2) is 8.96 Å². The van der Waals surface area contributed by atoms with Gasteiger partial charge in [-0.05, 0) is 56.7 Å². The van der Waals surface area contributed by atoms with Crippen molar-refractivity contribution in [3.05, 3.63) is 54.7 Å². The van der Waals surface area contributed by atoms with Gasteiger partial charge in [0.1, 0.15) is 30.1 Å². The summed E-state index contributed by atoms with van der Waals surface area (Å²) in [4.78, 5) is 37.2. The van der Waals surface area contributed by atoms with Crippen LogP contribution in [-0.2, 0) is 32.9 Å². The van der Waals surface area contributed by atoms with Crippen molar-refractivity contribution < 1.29 is 52.1 Å². The molecule has 2 aromatic carbocycles. The number of aliphatic hydroxyl groups excluding tert-OH is 1. The Balaban J connectivity index is 1.59. The van der Waals surface area contributed by atoms with E-state index < -0.39 is 74.4 Å². The molecule has 2 aromatic rings. The summed E-state index contributed by atoms with van der Waals surface area (Å²) in [6, 6.07) is 10.8. The number of nitrogens with one attached hydrogen (secondary N) is 1.